The minimum Gasteiger partial charge on any atom is -0.477 e. The van der Waals surface area contributed by atoms with Crippen LogP contribution >= 0.6 is 0 Å². The van der Waals surface area contributed by atoms with E-state index in [0.29, 0.717) is 6.07 Å². The first-order chi connectivity index (χ1) is 16.9. The summed E-state index contributed by atoms with van der Waals surface area (Å²) in [6, 6.07) is 1.20. The molecule has 0 bridgehead atoms. The molecule has 13 heteroatoms. The molecule has 2 aromatic heterocycles. The van der Waals surface area contributed by atoms with E-state index in [9.17, 15) is 28.3 Å². The molecule has 4 rings (SSSR count). The number of rotatable bonds is 6. The zero-order chi connectivity index (χ0) is 26.5. The van der Waals surface area contributed by atoms with Crippen LogP contribution in [0.5, 0.6) is 0 Å². The molecule has 1 saturated heterocycles. The third-order valence-corrected chi connectivity index (χ3v) is 6.02. The number of pyridine rings is 2. The number of benzene rings is 1. The van der Waals surface area contributed by atoms with Gasteiger partial charge in [0, 0.05) is 25.4 Å². The van der Waals surface area contributed by atoms with Crippen molar-refractivity contribution >= 4 is 34.4 Å². The molecule has 10 nitrogen and oxygen atoms in total. The van der Waals surface area contributed by atoms with Gasteiger partial charge in [-0.1, -0.05) is 13.8 Å². The van der Waals surface area contributed by atoms with Crippen molar-refractivity contribution in [2.75, 3.05) is 23.7 Å². The number of carboxylic acids is 1. The Morgan fingerprint density at radius 3 is 2.42 bits per heavy atom. The van der Waals surface area contributed by atoms with Crippen LogP contribution in [0.3, 0.4) is 0 Å². The minimum atomic E-state index is -1.63. The van der Waals surface area contributed by atoms with Gasteiger partial charge in [0.15, 0.2) is 17.3 Å². The van der Waals surface area contributed by atoms with Gasteiger partial charge in [0.2, 0.25) is 11.3 Å². The first kappa shape index (κ1) is 25.0. The van der Waals surface area contributed by atoms with Crippen molar-refractivity contribution in [3.05, 3.63) is 57.6 Å². The quantitative estimate of drug-likeness (QED) is 0.367. The van der Waals surface area contributed by atoms with Crippen molar-refractivity contribution < 1.29 is 27.9 Å². The molecule has 0 radical (unpaired) electrons. The van der Waals surface area contributed by atoms with E-state index in [1.807, 2.05) is 0 Å². The van der Waals surface area contributed by atoms with Crippen molar-refractivity contribution in [1.29, 1.82) is 0 Å². The lowest BCUT2D eigenvalue weighted by Gasteiger charge is -2.41. The van der Waals surface area contributed by atoms with Crippen LogP contribution < -0.4 is 27.1 Å². The normalized spacial score (nSPS) is 14.7. The smallest absolute Gasteiger partial charge is 0.341 e. The standard InChI is InChI=1S/C23H23F3N6O4/c1-9(2)18(28)22(34)29-10-6-31(7-10)21-15(26)3-11-19(33)12(23(35)36)8-32(20(11)30-21)17-5-16(27)13(24)4-14(17)25/h3-5,8-10,18H,6-7,27-28H2,1-2H3,(H,29,34)(H,35,36)/t18-/m0/s1. The average molecular weight is 504 g/mol. The Kier molecular flexibility index (Phi) is 6.35. The van der Waals surface area contributed by atoms with E-state index < -0.39 is 51.5 Å². The zero-order valence-electron chi connectivity index (χ0n) is 19.3. The summed E-state index contributed by atoms with van der Waals surface area (Å²) in [6.07, 6.45) is 0.823. The molecule has 1 aromatic carbocycles. The minimum absolute atomic E-state index is 0.0749. The number of amides is 1. The second-order valence-electron chi connectivity index (χ2n) is 8.92. The average Bonchev–Trinajstić information content (AvgIpc) is 2.78. The predicted octanol–water partition coefficient (Wildman–Crippen LogP) is 1.37. The number of aromatic nitrogens is 2. The molecule has 0 saturated carbocycles. The number of nitrogens with zero attached hydrogens (tertiary/aromatic N) is 3. The summed E-state index contributed by atoms with van der Waals surface area (Å²) >= 11 is 0. The van der Waals surface area contributed by atoms with Crippen LogP contribution in [0.2, 0.25) is 0 Å². The maximum Gasteiger partial charge on any atom is 0.341 e. The first-order valence-corrected chi connectivity index (χ1v) is 10.9. The maximum absolute atomic E-state index is 15.0. The number of nitrogens with two attached hydrogens (primary N) is 2. The van der Waals surface area contributed by atoms with Crippen LogP contribution in [0.25, 0.3) is 16.7 Å². The van der Waals surface area contributed by atoms with Gasteiger partial charge in [-0.2, -0.15) is 0 Å². The predicted molar refractivity (Wildman–Crippen MR) is 126 cm³/mol. The van der Waals surface area contributed by atoms with Crippen molar-refractivity contribution in [3.63, 3.8) is 0 Å². The lowest BCUT2D eigenvalue weighted by atomic mass is 10.0. The maximum atomic E-state index is 15.0. The van der Waals surface area contributed by atoms with Crippen LogP contribution in [0.15, 0.2) is 29.2 Å². The molecule has 36 heavy (non-hydrogen) atoms. The Bertz CT molecular complexity index is 1450. The highest BCUT2D eigenvalue weighted by molar-refractivity contribution is 5.92. The van der Waals surface area contributed by atoms with Crippen LogP contribution in [0.1, 0.15) is 24.2 Å². The van der Waals surface area contributed by atoms with Crippen LogP contribution in [-0.4, -0.2) is 51.7 Å². The number of carbonyl (C=O) groups excluding carboxylic acids is 1. The number of anilines is 2. The van der Waals surface area contributed by atoms with Gasteiger partial charge in [0.1, 0.15) is 17.2 Å². The summed E-state index contributed by atoms with van der Waals surface area (Å²) < 4.78 is 44.3. The molecule has 190 valence electrons. The number of aromatic carboxylic acids is 1. The Labute approximate surface area is 202 Å². The second-order valence-corrected chi connectivity index (χ2v) is 8.92. The molecular formula is C23H23F3N6O4. The molecule has 1 aliphatic rings. The fourth-order valence-corrected chi connectivity index (χ4v) is 3.85. The molecule has 0 aliphatic carbocycles. The van der Waals surface area contributed by atoms with Crippen LogP contribution in [-0.2, 0) is 4.79 Å². The summed E-state index contributed by atoms with van der Waals surface area (Å²) in [5.74, 6) is -5.31. The Balaban J connectivity index is 1.77. The monoisotopic (exact) mass is 504 g/mol. The van der Waals surface area contributed by atoms with Crippen molar-refractivity contribution in [1.82, 2.24) is 14.9 Å². The van der Waals surface area contributed by atoms with Gasteiger partial charge in [-0.3, -0.25) is 14.2 Å². The number of hydrogen-bond acceptors (Lipinski definition) is 7. The van der Waals surface area contributed by atoms with Crippen molar-refractivity contribution in [3.8, 4) is 5.69 Å². The summed E-state index contributed by atoms with van der Waals surface area (Å²) in [7, 11) is 0. The molecule has 1 atom stereocenters. The summed E-state index contributed by atoms with van der Waals surface area (Å²) in [4.78, 5) is 42.2. The highest BCUT2D eigenvalue weighted by Crippen LogP contribution is 2.28. The number of carboxylic acid groups (broad SMARTS) is 1. The third-order valence-electron chi connectivity index (χ3n) is 6.02. The molecule has 3 heterocycles. The Hall–Kier alpha value is -4.13. The SMILES string of the molecule is CC(C)[C@H](N)C(=O)NC1CN(c2nc3c(cc2F)c(=O)c(C(=O)O)cn3-c2cc(N)c(F)cc2F)C1. The van der Waals surface area contributed by atoms with E-state index in [1.165, 1.54) is 4.90 Å². The fourth-order valence-electron chi connectivity index (χ4n) is 3.85. The topological polar surface area (TPSA) is 157 Å². The van der Waals surface area contributed by atoms with Crippen molar-refractivity contribution in [2.24, 2.45) is 11.7 Å². The molecule has 1 amide bonds. The molecular weight excluding hydrogens is 481 g/mol. The van der Waals surface area contributed by atoms with Gasteiger partial charge >= 0.3 is 5.97 Å². The van der Waals surface area contributed by atoms with Gasteiger partial charge in [-0.05, 0) is 18.1 Å². The second kappa shape index (κ2) is 9.15. The summed E-state index contributed by atoms with van der Waals surface area (Å²) in [6.45, 7) is 3.97. The van der Waals surface area contributed by atoms with Crippen molar-refractivity contribution in [2.45, 2.75) is 25.9 Å². The van der Waals surface area contributed by atoms with Gasteiger partial charge in [-0.25, -0.2) is 22.9 Å². The van der Waals surface area contributed by atoms with Gasteiger partial charge in [0.25, 0.3) is 0 Å². The number of nitrogens with one attached hydrogen (secondary N) is 1. The van der Waals surface area contributed by atoms with Gasteiger partial charge in [0.05, 0.1) is 28.8 Å². The molecule has 6 N–H and O–H groups in total. The highest BCUT2D eigenvalue weighted by atomic mass is 19.1. The number of halogens is 3. The Morgan fingerprint density at radius 2 is 1.81 bits per heavy atom. The summed E-state index contributed by atoms with van der Waals surface area (Å²) in [5, 5.41) is 11.8. The lowest BCUT2D eigenvalue weighted by Crippen LogP contribution is -2.62. The third kappa shape index (κ3) is 4.33. The first-order valence-electron chi connectivity index (χ1n) is 10.9. The summed E-state index contributed by atoms with van der Waals surface area (Å²) in [5.41, 5.74) is 8.52. The molecule has 0 unspecified atom stereocenters. The lowest BCUT2D eigenvalue weighted by molar-refractivity contribution is -0.124. The van der Waals surface area contributed by atoms with E-state index >= 15 is 4.39 Å². The molecule has 1 fully saturated rings. The number of nitrogen functional groups attached to an aromatic ring is 1. The van der Waals surface area contributed by atoms with Crippen LogP contribution in [0, 0.1) is 23.4 Å². The molecule has 1 aliphatic heterocycles. The zero-order valence-corrected chi connectivity index (χ0v) is 19.3. The van der Waals surface area contributed by atoms with Gasteiger partial charge < -0.3 is 26.8 Å². The molecule has 0 spiro atoms. The van der Waals surface area contributed by atoms with E-state index in [1.54, 1.807) is 13.8 Å². The van der Waals surface area contributed by atoms with E-state index in [-0.39, 0.29) is 48.1 Å². The fraction of sp³-hybridized carbons (Fsp3) is 0.304. The number of fused-ring (bicyclic) bond motifs is 1. The largest absolute Gasteiger partial charge is 0.477 e. The highest BCUT2D eigenvalue weighted by Gasteiger charge is 2.33. The number of carbonyl (C=O) groups is 2. The van der Waals surface area contributed by atoms with E-state index in [2.05, 4.69) is 10.3 Å². The van der Waals surface area contributed by atoms with Gasteiger partial charge in [-0.15, -0.1) is 0 Å². The van der Waals surface area contributed by atoms with E-state index in [4.69, 9.17) is 11.5 Å². The molecule has 3 aromatic rings. The van der Waals surface area contributed by atoms with E-state index in [0.717, 1.165) is 22.9 Å². The van der Waals surface area contributed by atoms with Crippen LogP contribution in [0.4, 0.5) is 24.7 Å². The number of hydrogen-bond donors (Lipinski definition) is 4. The Morgan fingerprint density at radius 1 is 1.14 bits per heavy atom.